The van der Waals surface area contributed by atoms with Crippen LogP contribution in [0, 0.1) is 5.41 Å². The number of nitrogens with two attached hydrogens (primary N) is 1. The first-order valence-electron chi connectivity index (χ1n) is 5.84. The van der Waals surface area contributed by atoms with Crippen LogP contribution in [-0.4, -0.2) is 11.8 Å². The lowest BCUT2D eigenvalue weighted by atomic mass is 9.68. The second kappa shape index (κ2) is 4.02. The van der Waals surface area contributed by atoms with Crippen LogP contribution in [0.4, 0.5) is 0 Å². The Bertz CT molecular complexity index is 383. The van der Waals surface area contributed by atoms with Gasteiger partial charge in [0, 0.05) is 23.8 Å². The van der Waals surface area contributed by atoms with E-state index < -0.39 is 0 Å². The van der Waals surface area contributed by atoms with Crippen molar-refractivity contribution < 1.29 is 4.79 Å². The first-order chi connectivity index (χ1) is 7.50. The molecule has 16 heavy (non-hydrogen) atoms. The molecule has 2 N–H and O–H groups in total. The van der Waals surface area contributed by atoms with Gasteiger partial charge in [-0.1, -0.05) is 44.2 Å². The van der Waals surface area contributed by atoms with Gasteiger partial charge in [-0.3, -0.25) is 4.79 Å². The molecule has 2 unspecified atom stereocenters. The third kappa shape index (κ3) is 2.03. The molecule has 0 saturated heterocycles. The number of hydrogen-bond acceptors (Lipinski definition) is 2. The zero-order valence-corrected chi connectivity index (χ0v) is 9.94. The Morgan fingerprint density at radius 3 is 2.50 bits per heavy atom. The Labute approximate surface area is 96.8 Å². The maximum atomic E-state index is 12.0. The summed E-state index contributed by atoms with van der Waals surface area (Å²) in [6.45, 7) is 3.99. The number of carbonyl (C=O) groups excluding carboxylic acids is 1. The molecule has 2 rings (SSSR count). The lowest BCUT2D eigenvalue weighted by molar-refractivity contribution is -0.130. The van der Waals surface area contributed by atoms with Crippen molar-refractivity contribution in [3.05, 3.63) is 35.9 Å². The van der Waals surface area contributed by atoms with Gasteiger partial charge in [-0.2, -0.15) is 0 Å². The summed E-state index contributed by atoms with van der Waals surface area (Å²) in [6, 6.07) is 10.2. The van der Waals surface area contributed by atoms with Crippen LogP contribution in [0.2, 0.25) is 0 Å². The van der Waals surface area contributed by atoms with Crippen LogP contribution < -0.4 is 5.73 Å². The Morgan fingerprint density at radius 2 is 1.88 bits per heavy atom. The van der Waals surface area contributed by atoms with Crippen molar-refractivity contribution in [1.29, 1.82) is 0 Å². The zero-order chi connectivity index (χ0) is 11.8. The van der Waals surface area contributed by atoms with E-state index in [0.29, 0.717) is 12.2 Å². The van der Waals surface area contributed by atoms with E-state index in [-0.39, 0.29) is 17.4 Å². The number of Topliss-reactive ketones (excluding diaryl/α,β-unsaturated/α-hetero) is 1. The van der Waals surface area contributed by atoms with Gasteiger partial charge in [0.25, 0.3) is 0 Å². The molecule has 0 aromatic heterocycles. The first-order valence-corrected chi connectivity index (χ1v) is 5.84. The summed E-state index contributed by atoms with van der Waals surface area (Å²) in [6.07, 6.45) is 1.36. The van der Waals surface area contributed by atoms with Crippen LogP contribution in [0.5, 0.6) is 0 Å². The molecule has 2 nitrogen and oxygen atoms in total. The number of benzene rings is 1. The lowest BCUT2D eigenvalue weighted by Crippen LogP contribution is -2.44. The van der Waals surface area contributed by atoms with E-state index in [1.165, 1.54) is 5.56 Å². The van der Waals surface area contributed by atoms with Crippen molar-refractivity contribution in [1.82, 2.24) is 0 Å². The van der Waals surface area contributed by atoms with Crippen LogP contribution in [0.3, 0.4) is 0 Å². The molecule has 1 aromatic carbocycles. The average molecular weight is 217 g/mol. The van der Waals surface area contributed by atoms with E-state index in [1.807, 2.05) is 32.0 Å². The first kappa shape index (κ1) is 11.3. The molecule has 1 aromatic rings. The van der Waals surface area contributed by atoms with E-state index in [0.717, 1.165) is 6.42 Å². The fourth-order valence-corrected chi connectivity index (χ4v) is 2.54. The molecule has 0 amide bonds. The standard InChI is InChI=1S/C14H19NO/c1-14(2)9-12(15)11(8-13(14)16)10-6-4-3-5-7-10/h3-7,11-12H,8-9,15H2,1-2H3. The molecule has 86 valence electrons. The third-order valence-electron chi connectivity index (χ3n) is 3.65. The minimum atomic E-state index is -0.245. The normalized spacial score (nSPS) is 29.1. The summed E-state index contributed by atoms with van der Waals surface area (Å²) in [5.41, 5.74) is 7.14. The predicted octanol–water partition coefficient (Wildman–Crippen LogP) is 2.49. The smallest absolute Gasteiger partial charge is 0.139 e. The largest absolute Gasteiger partial charge is 0.327 e. The van der Waals surface area contributed by atoms with Gasteiger partial charge < -0.3 is 5.73 Å². The van der Waals surface area contributed by atoms with Crippen molar-refractivity contribution in [2.45, 2.75) is 38.6 Å². The van der Waals surface area contributed by atoms with Crippen LogP contribution in [0.15, 0.2) is 30.3 Å². The van der Waals surface area contributed by atoms with Gasteiger partial charge in [0.05, 0.1) is 0 Å². The summed E-state index contributed by atoms with van der Waals surface area (Å²) in [5, 5.41) is 0. The molecular formula is C14H19NO. The molecule has 0 heterocycles. The number of carbonyl (C=O) groups is 1. The van der Waals surface area contributed by atoms with E-state index in [9.17, 15) is 4.79 Å². The topological polar surface area (TPSA) is 43.1 Å². The molecule has 1 aliphatic carbocycles. The van der Waals surface area contributed by atoms with Crippen LogP contribution in [0.1, 0.15) is 38.2 Å². The minimum absolute atomic E-state index is 0.0927. The van der Waals surface area contributed by atoms with E-state index in [2.05, 4.69) is 12.1 Å². The Morgan fingerprint density at radius 1 is 1.25 bits per heavy atom. The van der Waals surface area contributed by atoms with E-state index in [1.54, 1.807) is 0 Å². The molecule has 2 heteroatoms. The molecule has 1 aliphatic rings. The second-order valence-corrected chi connectivity index (χ2v) is 5.40. The van der Waals surface area contributed by atoms with Gasteiger partial charge >= 0.3 is 0 Å². The maximum Gasteiger partial charge on any atom is 0.139 e. The molecule has 1 fully saturated rings. The highest BCUT2D eigenvalue weighted by atomic mass is 16.1. The fraction of sp³-hybridized carbons (Fsp3) is 0.500. The van der Waals surface area contributed by atoms with Gasteiger partial charge in [0.2, 0.25) is 0 Å². The molecule has 1 saturated carbocycles. The van der Waals surface area contributed by atoms with Crippen LogP contribution in [0.25, 0.3) is 0 Å². The van der Waals surface area contributed by atoms with E-state index in [4.69, 9.17) is 5.73 Å². The van der Waals surface area contributed by atoms with Gasteiger partial charge in [0.1, 0.15) is 5.78 Å². The van der Waals surface area contributed by atoms with Gasteiger partial charge in [-0.15, -0.1) is 0 Å². The maximum absolute atomic E-state index is 12.0. The van der Waals surface area contributed by atoms with Gasteiger partial charge in [0.15, 0.2) is 0 Å². The molecule has 0 bridgehead atoms. The third-order valence-corrected chi connectivity index (χ3v) is 3.65. The summed E-state index contributed by atoms with van der Waals surface area (Å²) in [5.74, 6) is 0.532. The molecule has 2 atom stereocenters. The van der Waals surface area contributed by atoms with Crippen molar-refractivity contribution in [2.75, 3.05) is 0 Å². The monoisotopic (exact) mass is 217 g/mol. The predicted molar refractivity (Wildman–Crippen MR) is 65.2 cm³/mol. The van der Waals surface area contributed by atoms with Crippen molar-refractivity contribution in [3.8, 4) is 0 Å². The highest BCUT2D eigenvalue weighted by molar-refractivity contribution is 5.86. The summed E-state index contributed by atoms with van der Waals surface area (Å²) >= 11 is 0. The molecule has 0 spiro atoms. The fourth-order valence-electron chi connectivity index (χ4n) is 2.54. The Balaban J connectivity index is 2.23. The van der Waals surface area contributed by atoms with Crippen molar-refractivity contribution >= 4 is 5.78 Å². The van der Waals surface area contributed by atoms with Gasteiger partial charge in [-0.25, -0.2) is 0 Å². The van der Waals surface area contributed by atoms with E-state index >= 15 is 0 Å². The van der Waals surface area contributed by atoms with Crippen molar-refractivity contribution in [2.24, 2.45) is 11.1 Å². The van der Waals surface area contributed by atoms with Gasteiger partial charge in [-0.05, 0) is 12.0 Å². The molecule has 0 radical (unpaired) electrons. The van der Waals surface area contributed by atoms with Crippen LogP contribution in [-0.2, 0) is 4.79 Å². The SMILES string of the molecule is CC1(C)CC(N)C(c2ccccc2)CC1=O. The second-order valence-electron chi connectivity index (χ2n) is 5.40. The molecule has 0 aliphatic heterocycles. The summed E-state index contributed by atoms with van der Waals surface area (Å²) in [4.78, 5) is 12.0. The Kier molecular flexibility index (Phi) is 2.85. The summed E-state index contributed by atoms with van der Waals surface area (Å²) < 4.78 is 0. The van der Waals surface area contributed by atoms with Crippen LogP contribution >= 0.6 is 0 Å². The number of rotatable bonds is 1. The number of hydrogen-bond donors (Lipinski definition) is 1. The lowest BCUT2D eigenvalue weighted by Gasteiger charge is -2.37. The minimum Gasteiger partial charge on any atom is -0.327 e. The highest BCUT2D eigenvalue weighted by Gasteiger charge is 2.39. The quantitative estimate of drug-likeness (QED) is 0.785. The zero-order valence-electron chi connectivity index (χ0n) is 9.94. The molecular weight excluding hydrogens is 198 g/mol. The Hall–Kier alpha value is -1.15. The highest BCUT2D eigenvalue weighted by Crippen LogP contribution is 2.39. The number of ketones is 1. The summed E-state index contributed by atoms with van der Waals surface area (Å²) in [7, 11) is 0. The average Bonchev–Trinajstić information content (AvgIpc) is 2.24. The van der Waals surface area contributed by atoms with Crippen molar-refractivity contribution in [3.63, 3.8) is 0 Å².